The summed E-state index contributed by atoms with van der Waals surface area (Å²) in [5, 5.41) is 78.4. The SMILES string of the molecule is CCOc1cc(C=C(C#N)C#N)sc1-c1cc2c(s1)-c1sc3c(c1C21CCCCC1)C1(CCCCC1)c1cc(-c2sc(C=C(C#N)C#N)cc2OCCCC2CCC4(CC2)c2cc(-c5sc(C=C(C#N)C#N)cc5OC)sc2-c2sc5c(c24)C2(CCCCC2)c2cc(-c4sc(C=C(C#N)C#N)cc4OC)sc2-5)sc1-3. The standard InChI is InChI=1S/C87H68N8O4S10/c1-4-98-62-33-54(29-50(43-92)44-93)102-78(62)66-36-57-73(106-66)80-68(84(57)18-8-5-9-19-84)69-81(108-80)74-58(85(69)20-10-6-11-21-85)37-67(107-74)79-63(34-55(103-79)30-51(45-94)46-95)99-26-14-15-47-16-24-87(25-17-47)59-38-65(77-61(97-3)32-53(101-77)28-49(41-90)42-91)105-75(59)83-71(87)70-82(109-83)72-56(86(70)22-12-7-13-23-86)35-64(104-72)76-60(96-2)31-52(100-76)27-48(39-88)40-89/h27-38,47H,4-26H2,1-3H3. The summed E-state index contributed by atoms with van der Waals surface area (Å²) in [5.41, 5.74) is 11.9. The zero-order valence-corrected chi connectivity index (χ0v) is 68.2. The van der Waals surface area contributed by atoms with Crippen molar-refractivity contribution < 1.29 is 18.9 Å². The molecule has 18 rings (SSSR count). The lowest BCUT2D eigenvalue weighted by Crippen LogP contribution is -2.35. The first kappa shape index (κ1) is 71.7. The molecule has 0 radical (unpaired) electrons. The summed E-state index contributed by atoms with van der Waals surface area (Å²) in [6.07, 6.45) is 30.1. The molecular weight excluding hydrogens is 1540 g/mol. The Kier molecular flexibility index (Phi) is 18.7. The van der Waals surface area contributed by atoms with Crippen LogP contribution in [0.3, 0.4) is 0 Å². The number of hydrogen-bond acceptors (Lipinski definition) is 22. The molecule has 0 N–H and O–H groups in total. The number of ether oxygens (including phenoxy) is 4. The Morgan fingerprint density at radius 1 is 0.349 bits per heavy atom. The van der Waals surface area contributed by atoms with E-state index in [1.165, 1.54) is 116 Å². The van der Waals surface area contributed by atoms with Crippen molar-refractivity contribution in [1.82, 2.24) is 0 Å². The molecule has 4 saturated carbocycles. The molecule has 4 fully saturated rings. The number of allylic oxidation sites excluding steroid dienone is 4. The van der Waals surface area contributed by atoms with Gasteiger partial charge in [0.05, 0.1) is 46.9 Å². The van der Waals surface area contributed by atoms with Crippen LogP contribution in [0, 0.1) is 96.6 Å². The van der Waals surface area contributed by atoms with Gasteiger partial charge >= 0.3 is 0 Å². The molecule has 10 heterocycles. The minimum absolute atomic E-state index is 0.0500. The Morgan fingerprint density at radius 2 is 0.633 bits per heavy atom. The maximum absolute atomic E-state index is 10.1. The van der Waals surface area contributed by atoms with E-state index in [9.17, 15) is 42.1 Å². The topological polar surface area (TPSA) is 227 Å². The number of nitrogens with zero attached hydrogens (tertiary/aromatic N) is 8. The van der Waals surface area contributed by atoms with Crippen LogP contribution in [0.25, 0.3) is 102 Å². The number of fused-ring (bicyclic) bond motifs is 22. The molecule has 540 valence electrons. The third-order valence-electron chi connectivity index (χ3n) is 24.3. The largest absolute Gasteiger partial charge is 0.495 e. The number of methoxy groups -OCH3 is 2. The van der Waals surface area contributed by atoms with Crippen LogP contribution in [-0.2, 0) is 21.7 Å². The minimum Gasteiger partial charge on any atom is -0.495 e. The van der Waals surface area contributed by atoms with Gasteiger partial charge in [0, 0.05) is 99.7 Å². The second kappa shape index (κ2) is 28.4. The summed E-state index contributed by atoms with van der Waals surface area (Å²) in [7, 11) is 3.38. The highest BCUT2D eigenvalue weighted by Crippen LogP contribution is 2.75. The lowest BCUT2D eigenvalue weighted by atomic mass is 9.60. The normalized spacial score (nSPS) is 18.3. The Labute approximate surface area is 673 Å². The van der Waals surface area contributed by atoms with E-state index in [1.54, 1.807) is 106 Å². The third kappa shape index (κ3) is 11.3. The highest BCUT2D eigenvalue weighted by Gasteiger charge is 2.59. The van der Waals surface area contributed by atoms with Crippen LogP contribution in [0.1, 0.15) is 206 Å². The minimum atomic E-state index is -0.208. The lowest BCUT2D eigenvalue weighted by molar-refractivity contribution is 0.232. The number of rotatable bonds is 17. The summed E-state index contributed by atoms with van der Waals surface area (Å²) in [6, 6.07) is 34.3. The number of nitriles is 8. The van der Waals surface area contributed by atoms with Gasteiger partial charge in [0.25, 0.3) is 0 Å². The fourth-order valence-electron chi connectivity index (χ4n) is 19.7. The number of hydrogen-bond donors (Lipinski definition) is 0. The second-order valence-corrected chi connectivity index (χ2v) is 40.3. The maximum atomic E-state index is 10.1. The quantitative estimate of drug-likeness (QED) is 0.0613. The molecule has 0 aliphatic heterocycles. The first-order chi connectivity index (χ1) is 53.3. The molecule has 0 saturated heterocycles. The molecule has 109 heavy (non-hydrogen) atoms. The van der Waals surface area contributed by atoms with E-state index in [0.29, 0.717) is 19.1 Å². The van der Waals surface area contributed by atoms with Gasteiger partial charge in [-0.15, -0.1) is 113 Å². The van der Waals surface area contributed by atoms with E-state index < -0.39 is 0 Å². The van der Waals surface area contributed by atoms with Gasteiger partial charge in [0.15, 0.2) is 0 Å². The van der Waals surface area contributed by atoms with E-state index in [4.69, 9.17) is 18.9 Å². The van der Waals surface area contributed by atoms with E-state index in [0.717, 1.165) is 162 Å². The monoisotopic (exact) mass is 1610 g/mol. The highest BCUT2D eigenvalue weighted by molar-refractivity contribution is 7.32. The van der Waals surface area contributed by atoms with Gasteiger partial charge in [-0.2, -0.15) is 42.1 Å². The predicted octanol–water partition coefficient (Wildman–Crippen LogP) is 26.1. The van der Waals surface area contributed by atoms with Crippen molar-refractivity contribution in [1.29, 1.82) is 42.1 Å². The Hall–Kier alpha value is -8.92. The van der Waals surface area contributed by atoms with Crippen molar-refractivity contribution >= 4 is 138 Å². The van der Waals surface area contributed by atoms with Crippen LogP contribution in [0.2, 0.25) is 0 Å². The molecular formula is C87H68N8O4S10. The maximum Gasteiger partial charge on any atom is 0.139 e. The summed E-state index contributed by atoms with van der Waals surface area (Å²) in [4.78, 5) is 23.2. The van der Waals surface area contributed by atoms with Gasteiger partial charge in [-0.1, -0.05) is 57.8 Å². The van der Waals surface area contributed by atoms with Gasteiger partial charge in [0.2, 0.25) is 0 Å². The van der Waals surface area contributed by atoms with Crippen molar-refractivity contribution in [2.75, 3.05) is 27.4 Å². The van der Waals surface area contributed by atoms with E-state index >= 15 is 0 Å². The predicted molar refractivity (Wildman–Crippen MR) is 445 cm³/mol. The molecule has 10 aromatic heterocycles. The van der Waals surface area contributed by atoms with E-state index in [1.807, 2.05) is 130 Å². The first-order valence-corrected chi connectivity index (χ1v) is 45.4. The summed E-state index contributed by atoms with van der Waals surface area (Å²) in [5.74, 6) is 3.55. The summed E-state index contributed by atoms with van der Waals surface area (Å²) < 4.78 is 25.5. The Morgan fingerprint density at radius 3 is 0.927 bits per heavy atom. The van der Waals surface area contributed by atoms with E-state index in [2.05, 4.69) is 42.5 Å². The average Bonchev–Trinajstić information content (AvgIpc) is 1.50. The Bertz CT molecular complexity index is 5890. The highest BCUT2D eigenvalue weighted by atomic mass is 32.1. The fraction of sp³-hybridized carbons (Fsp3) is 0.356. The molecule has 8 aliphatic carbocycles. The van der Waals surface area contributed by atoms with Crippen molar-refractivity contribution in [3.8, 4) is 150 Å². The molecule has 8 aliphatic rings. The third-order valence-corrected chi connectivity index (χ3v) is 36.8. The van der Waals surface area contributed by atoms with Crippen LogP contribution in [-0.4, -0.2) is 27.4 Å². The van der Waals surface area contributed by atoms with Gasteiger partial charge in [-0.25, -0.2) is 0 Å². The summed E-state index contributed by atoms with van der Waals surface area (Å²) >= 11 is 17.8. The van der Waals surface area contributed by atoms with Gasteiger partial charge in [0.1, 0.15) is 93.8 Å². The fourth-order valence-corrected chi connectivity index (χ4v) is 33.0. The van der Waals surface area contributed by atoms with Crippen LogP contribution in [0.15, 0.2) is 70.8 Å². The molecule has 0 atom stereocenters. The first-order valence-electron chi connectivity index (χ1n) is 37.3. The smallest absolute Gasteiger partial charge is 0.139 e. The zero-order valence-electron chi connectivity index (χ0n) is 60.1. The van der Waals surface area contributed by atoms with Crippen LogP contribution >= 0.6 is 113 Å². The molecule has 0 unspecified atom stereocenters. The van der Waals surface area contributed by atoms with Crippen molar-refractivity contribution in [2.24, 2.45) is 5.92 Å². The van der Waals surface area contributed by atoms with Crippen molar-refractivity contribution in [3.05, 3.63) is 135 Å². The molecule has 0 amide bonds. The Balaban J connectivity index is 0.659. The number of thiophene rings is 10. The van der Waals surface area contributed by atoms with E-state index in [-0.39, 0.29) is 44.0 Å². The molecule has 22 heteroatoms. The molecule has 10 aromatic rings. The lowest BCUT2D eigenvalue weighted by Gasteiger charge is -2.42. The van der Waals surface area contributed by atoms with Crippen LogP contribution in [0.4, 0.5) is 0 Å². The van der Waals surface area contributed by atoms with Gasteiger partial charge in [-0.05, 0) is 207 Å². The van der Waals surface area contributed by atoms with Crippen molar-refractivity contribution in [3.63, 3.8) is 0 Å². The molecule has 0 aromatic carbocycles. The zero-order chi connectivity index (χ0) is 74.7. The van der Waals surface area contributed by atoms with Crippen LogP contribution in [0.5, 0.6) is 23.0 Å². The molecule has 4 spiro atoms. The van der Waals surface area contributed by atoms with Gasteiger partial charge in [-0.3, -0.25) is 0 Å². The summed E-state index contributed by atoms with van der Waals surface area (Å²) in [6.45, 7) is 3.04. The average molecular weight is 1610 g/mol. The molecule has 0 bridgehead atoms. The van der Waals surface area contributed by atoms with Gasteiger partial charge < -0.3 is 18.9 Å². The van der Waals surface area contributed by atoms with Crippen LogP contribution < -0.4 is 18.9 Å². The second-order valence-electron chi connectivity index (χ2n) is 29.7. The van der Waals surface area contributed by atoms with Crippen molar-refractivity contribution in [2.45, 2.75) is 163 Å². The molecule has 12 nitrogen and oxygen atoms in total.